The highest BCUT2D eigenvalue weighted by molar-refractivity contribution is 5.99. The fourth-order valence-electron chi connectivity index (χ4n) is 3.16. The van der Waals surface area contributed by atoms with E-state index in [-0.39, 0.29) is 28.7 Å². The van der Waals surface area contributed by atoms with Gasteiger partial charge in [0, 0.05) is 19.2 Å². The van der Waals surface area contributed by atoms with Crippen molar-refractivity contribution in [1.82, 2.24) is 19.7 Å². The molecule has 7 nitrogen and oxygen atoms in total. The molecule has 4 rings (SSSR count). The molecule has 3 N–H and O–H groups in total. The third-order valence-corrected chi connectivity index (χ3v) is 4.61. The predicted octanol–water partition coefficient (Wildman–Crippen LogP) is 3.46. The molecule has 0 atom stereocenters. The maximum atomic E-state index is 14.6. The molecule has 0 saturated heterocycles. The Kier molecular flexibility index (Phi) is 5.53. The van der Waals surface area contributed by atoms with Gasteiger partial charge in [-0.15, -0.1) is 5.10 Å². The summed E-state index contributed by atoms with van der Waals surface area (Å²) in [5.74, 6) is -1.47. The number of rotatable bonds is 7. The fourth-order valence-corrected chi connectivity index (χ4v) is 3.16. The number of anilines is 2. The molecule has 4 aromatic rings. The lowest BCUT2D eigenvalue weighted by molar-refractivity contribution is 0.210. The second kappa shape index (κ2) is 8.42. The molecule has 2 aromatic heterocycles. The van der Waals surface area contributed by atoms with Crippen molar-refractivity contribution in [2.75, 3.05) is 31.3 Å². The monoisotopic (exact) mass is 410 g/mol. The minimum atomic E-state index is -1.00. The van der Waals surface area contributed by atoms with Gasteiger partial charge in [-0.1, -0.05) is 36.4 Å². The number of hydrogen-bond donors (Lipinski definition) is 2. The van der Waals surface area contributed by atoms with E-state index in [9.17, 15) is 8.78 Å². The van der Waals surface area contributed by atoms with E-state index in [1.54, 1.807) is 11.8 Å². The number of hydrogen-bond acceptors (Lipinski definition) is 6. The van der Waals surface area contributed by atoms with E-state index in [0.717, 1.165) is 11.6 Å². The van der Waals surface area contributed by atoms with Crippen LogP contribution in [0.3, 0.4) is 0 Å². The Hall–Kier alpha value is -3.59. The van der Waals surface area contributed by atoms with E-state index in [1.807, 2.05) is 30.3 Å². The normalized spacial score (nSPS) is 11.2. The zero-order chi connectivity index (χ0) is 21.1. The smallest absolute Gasteiger partial charge is 0.225 e. The molecule has 0 aliphatic rings. The first kappa shape index (κ1) is 19.7. The molecule has 0 aliphatic heterocycles. The van der Waals surface area contributed by atoms with Gasteiger partial charge in [0.25, 0.3) is 0 Å². The molecular formula is C21H20F2N6O. The standard InChI is InChI=1S/C21H20F2N6O/c1-30-11-10-25-21-26-18(14-8-5-9-15(22)17(14)23)16-19(24)29(28-20(16)27-21)12-13-6-3-2-4-7-13/h2-9H,10-12,24H2,1H3,(H,25,27,28). The molecule has 2 heterocycles. The summed E-state index contributed by atoms with van der Waals surface area (Å²) < 4.78 is 35.1. The molecule has 0 bridgehead atoms. The van der Waals surface area contributed by atoms with Gasteiger partial charge < -0.3 is 15.8 Å². The molecule has 154 valence electrons. The Labute approximate surface area is 171 Å². The third-order valence-electron chi connectivity index (χ3n) is 4.61. The van der Waals surface area contributed by atoms with Crippen LogP contribution in [-0.2, 0) is 11.3 Å². The van der Waals surface area contributed by atoms with Crippen LogP contribution in [0.15, 0.2) is 48.5 Å². The van der Waals surface area contributed by atoms with Crippen LogP contribution in [-0.4, -0.2) is 40.0 Å². The van der Waals surface area contributed by atoms with Crippen LogP contribution in [0.25, 0.3) is 22.3 Å². The number of nitrogens with zero attached hydrogens (tertiary/aromatic N) is 4. The van der Waals surface area contributed by atoms with Crippen LogP contribution in [0.1, 0.15) is 5.56 Å². The van der Waals surface area contributed by atoms with Gasteiger partial charge in [0.2, 0.25) is 5.95 Å². The lowest BCUT2D eigenvalue weighted by Gasteiger charge is -2.09. The molecule has 9 heteroatoms. The number of nitrogen functional groups attached to an aromatic ring is 1. The summed E-state index contributed by atoms with van der Waals surface area (Å²) in [5, 5.41) is 7.86. The zero-order valence-electron chi connectivity index (χ0n) is 16.3. The molecule has 30 heavy (non-hydrogen) atoms. The number of ether oxygens (including phenoxy) is 1. The second-order valence-corrected chi connectivity index (χ2v) is 6.64. The number of aromatic nitrogens is 4. The summed E-state index contributed by atoms with van der Waals surface area (Å²) >= 11 is 0. The molecule has 2 aromatic carbocycles. The van der Waals surface area contributed by atoms with Crippen LogP contribution in [0.2, 0.25) is 0 Å². The van der Waals surface area contributed by atoms with Gasteiger partial charge >= 0.3 is 0 Å². The van der Waals surface area contributed by atoms with Crippen molar-refractivity contribution in [3.05, 3.63) is 65.7 Å². The Morgan fingerprint density at radius 3 is 2.63 bits per heavy atom. The van der Waals surface area contributed by atoms with Crippen LogP contribution in [0, 0.1) is 11.6 Å². The van der Waals surface area contributed by atoms with E-state index in [4.69, 9.17) is 10.5 Å². The number of nitrogens with two attached hydrogens (primary N) is 1. The first-order valence-corrected chi connectivity index (χ1v) is 9.33. The highest BCUT2D eigenvalue weighted by Crippen LogP contribution is 2.33. The molecule has 0 radical (unpaired) electrons. The van der Waals surface area contributed by atoms with Crippen molar-refractivity contribution < 1.29 is 13.5 Å². The van der Waals surface area contributed by atoms with E-state index < -0.39 is 11.6 Å². The first-order chi connectivity index (χ1) is 14.6. The number of benzene rings is 2. The molecular weight excluding hydrogens is 390 g/mol. The van der Waals surface area contributed by atoms with Crippen molar-refractivity contribution in [2.24, 2.45) is 0 Å². The van der Waals surface area contributed by atoms with Gasteiger partial charge in [0.05, 0.1) is 24.2 Å². The number of halogens is 2. The Balaban J connectivity index is 1.87. The van der Waals surface area contributed by atoms with E-state index in [2.05, 4.69) is 20.4 Å². The van der Waals surface area contributed by atoms with E-state index >= 15 is 0 Å². The number of methoxy groups -OCH3 is 1. The second-order valence-electron chi connectivity index (χ2n) is 6.64. The molecule has 0 unspecified atom stereocenters. The SMILES string of the molecule is COCCNc1nc(-c2cccc(F)c2F)c2c(N)n(Cc3ccccc3)nc2n1. The molecule has 0 saturated carbocycles. The highest BCUT2D eigenvalue weighted by atomic mass is 19.2. The Morgan fingerprint density at radius 1 is 1.07 bits per heavy atom. The average Bonchev–Trinajstić information content (AvgIpc) is 3.06. The van der Waals surface area contributed by atoms with E-state index in [1.165, 1.54) is 12.1 Å². The predicted molar refractivity (Wildman–Crippen MR) is 111 cm³/mol. The molecule has 0 aliphatic carbocycles. The minimum absolute atomic E-state index is 0.0110. The highest BCUT2D eigenvalue weighted by Gasteiger charge is 2.21. The van der Waals surface area contributed by atoms with Gasteiger partial charge in [-0.05, 0) is 17.7 Å². The topological polar surface area (TPSA) is 90.9 Å². The lowest BCUT2D eigenvalue weighted by Crippen LogP contribution is -2.11. The van der Waals surface area contributed by atoms with E-state index in [0.29, 0.717) is 25.1 Å². The summed E-state index contributed by atoms with van der Waals surface area (Å²) in [5.41, 5.74) is 7.79. The van der Waals surface area contributed by atoms with Crippen molar-refractivity contribution in [3.8, 4) is 11.3 Å². The van der Waals surface area contributed by atoms with Gasteiger partial charge in [-0.2, -0.15) is 4.98 Å². The van der Waals surface area contributed by atoms with Gasteiger partial charge in [-0.3, -0.25) is 0 Å². The average molecular weight is 410 g/mol. The van der Waals surface area contributed by atoms with Crippen molar-refractivity contribution >= 4 is 22.8 Å². The number of nitrogens with one attached hydrogen (secondary N) is 1. The Bertz CT molecular complexity index is 1180. The van der Waals surface area contributed by atoms with Crippen molar-refractivity contribution in [2.45, 2.75) is 6.54 Å². The summed E-state index contributed by atoms with van der Waals surface area (Å²) in [4.78, 5) is 8.81. The summed E-state index contributed by atoms with van der Waals surface area (Å²) in [6.07, 6.45) is 0. The fraction of sp³-hybridized carbons (Fsp3) is 0.190. The maximum absolute atomic E-state index is 14.6. The molecule has 0 fully saturated rings. The molecule has 0 amide bonds. The molecule has 0 spiro atoms. The van der Waals surface area contributed by atoms with Gasteiger partial charge in [-0.25, -0.2) is 18.4 Å². The third kappa shape index (κ3) is 3.79. The van der Waals surface area contributed by atoms with Gasteiger partial charge in [0.1, 0.15) is 5.82 Å². The van der Waals surface area contributed by atoms with Gasteiger partial charge in [0.15, 0.2) is 17.3 Å². The quantitative estimate of drug-likeness (QED) is 0.454. The van der Waals surface area contributed by atoms with Crippen LogP contribution in [0.5, 0.6) is 0 Å². The summed E-state index contributed by atoms with van der Waals surface area (Å²) in [7, 11) is 1.57. The first-order valence-electron chi connectivity index (χ1n) is 9.33. The van der Waals surface area contributed by atoms with Crippen LogP contribution in [0.4, 0.5) is 20.5 Å². The summed E-state index contributed by atoms with van der Waals surface area (Å²) in [6, 6.07) is 13.6. The summed E-state index contributed by atoms with van der Waals surface area (Å²) in [6.45, 7) is 1.27. The Morgan fingerprint density at radius 2 is 1.87 bits per heavy atom. The van der Waals surface area contributed by atoms with Crippen LogP contribution >= 0.6 is 0 Å². The number of fused-ring (bicyclic) bond motifs is 1. The maximum Gasteiger partial charge on any atom is 0.225 e. The minimum Gasteiger partial charge on any atom is -0.383 e. The lowest BCUT2D eigenvalue weighted by atomic mass is 10.1. The van der Waals surface area contributed by atoms with Crippen molar-refractivity contribution in [3.63, 3.8) is 0 Å². The zero-order valence-corrected chi connectivity index (χ0v) is 16.3. The van der Waals surface area contributed by atoms with Crippen molar-refractivity contribution in [1.29, 1.82) is 0 Å². The van der Waals surface area contributed by atoms with Crippen LogP contribution < -0.4 is 11.1 Å². The largest absolute Gasteiger partial charge is 0.383 e.